The smallest absolute Gasteiger partial charge is 0.254 e. The Morgan fingerprint density at radius 2 is 1.83 bits per heavy atom. The number of ether oxygens (including phenoxy) is 2. The van der Waals surface area contributed by atoms with Crippen molar-refractivity contribution >= 4 is 34.2 Å². The summed E-state index contributed by atoms with van der Waals surface area (Å²) in [5.74, 6) is 0.604. The van der Waals surface area contributed by atoms with Crippen molar-refractivity contribution in [2.45, 2.75) is 32.9 Å². The minimum Gasteiger partial charge on any atom is -0.454 e. The van der Waals surface area contributed by atoms with E-state index >= 15 is 0 Å². The van der Waals surface area contributed by atoms with Crippen LogP contribution in [0, 0.1) is 0 Å². The maximum Gasteiger partial charge on any atom is 0.254 e. The molecular weight excluding hydrogens is 468 g/mol. The first-order valence-corrected chi connectivity index (χ1v) is 12.0. The number of amides is 3. The molecule has 2 aromatic carbocycles. The van der Waals surface area contributed by atoms with Crippen LogP contribution in [0.3, 0.4) is 0 Å². The Hall–Kier alpha value is -3.92. The van der Waals surface area contributed by atoms with E-state index in [9.17, 15) is 14.4 Å². The fourth-order valence-corrected chi connectivity index (χ4v) is 4.20. The Labute approximate surface area is 207 Å². The number of thiazole rings is 1. The van der Waals surface area contributed by atoms with Gasteiger partial charge in [0, 0.05) is 23.5 Å². The lowest BCUT2D eigenvalue weighted by molar-refractivity contribution is -0.120. The van der Waals surface area contributed by atoms with Gasteiger partial charge in [-0.3, -0.25) is 14.4 Å². The van der Waals surface area contributed by atoms with E-state index in [-0.39, 0.29) is 43.5 Å². The first-order chi connectivity index (χ1) is 16.9. The Kier molecular flexibility index (Phi) is 7.61. The van der Waals surface area contributed by atoms with Crippen molar-refractivity contribution in [1.29, 1.82) is 0 Å². The SMILES string of the molecule is CC(C)N(CC(=O)Nc1nc(CC(=O)NCc2ccc3c(c2)OCO3)cs1)C(=O)c1ccccc1. The maximum absolute atomic E-state index is 12.8. The second-order valence-electron chi connectivity index (χ2n) is 8.23. The molecule has 4 rings (SSSR count). The summed E-state index contributed by atoms with van der Waals surface area (Å²) < 4.78 is 10.6. The topological polar surface area (TPSA) is 110 Å². The molecule has 0 radical (unpaired) electrons. The van der Waals surface area contributed by atoms with Crippen LogP contribution in [0.25, 0.3) is 0 Å². The molecule has 2 N–H and O–H groups in total. The molecular formula is C25H26N4O5S. The van der Waals surface area contributed by atoms with Crippen LogP contribution >= 0.6 is 11.3 Å². The highest BCUT2D eigenvalue weighted by Gasteiger charge is 2.22. The van der Waals surface area contributed by atoms with Gasteiger partial charge in [0.2, 0.25) is 18.6 Å². The molecule has 1 aromatic heterocycles. The maximum atomic E-state index is 12.8. The number of benzene rings is 2. The Bertz CT molecular complexity index is 1210. The lowest BCUT2D eigenvalue weighted by Crippen LogP contribution is -2.42. The minimum atomic E-state index is -0.351. The van der Waals surface area contributed by atoms with Crippen LogP contribution in [0.5, 0.6) is 11.5 Å². The van der Waals surface area contributed by atoms with Crippen LogP contribution in [-0.4, -0.2) is 47.0 Å². The lowest BCUT2D eigenvalue weighted by Gasteiger charge is -2.26. The van der Waals surface area contributed by atoms with Gasteiger partial charge >= 0.3 is 0 Å². The summed E-state index contributed by atoms with van der Waals surface area (Å²) in [7, 11) is 0. The molecule has 0 aliphatic carbocycles. The van der Waals surface area contributed by atoms with Gasteiger partial charge in [0.15, 0.2) is 16.6 Å². The zero-order valence-corrected chi connectivity index (χ0v) is 20.3. The van der Waals surface area contributed by atoms with Crippen molar-refractivity contribution in [3.8, 4) is 11.5 Å². The first kappa shape index (κ1) is 24.2. The summed E-state index contributed by atoms with van der Waals surface area (Å²) in [6, 6.07) is 14.2. The van der Waals surface area contributed by atoms with Gasteiger partial charge in [-0.05, 0) is 43.7 Å². The second kappa shape index (κ2) is 11.0. The van der Waals surface area contributed by atoms with E-state index in [2.05, 4.69) is 15.6 Å². The predicted molar refractivity (Wildman–Crippen MR) is 131 cm³/mol. The molecule has 0 bridgehead atoms. The molecule has 0 saturated heterocycles. The van der Waals surface area contributed by atoms with Gasteiger partial charge in [-0.1, -0.05) is 24.3 Å². The minimum absolute atomic E-state index is 0.0849. The average molecular weight is 495 g/mol. The lowest BCUT2D eigenvalue weighted by atomic mass is 10.1. The summed E-state index contributed by atoms with van der Waals surface area (Å²) in [5.41, 5.74) is 1.97. The van der Waals surface area contributed by atoms with E-state index in [0.29, 0.717) is 34.4 Å². The highest BCUT2D eigenvalue weighted by molar-refractivity contribution is 7.13. The molecule has 0 fully saturated rings. The number of rotatable bonds is 9. The average Bonchev–Trinajstić information content (AvgIpc) is 3.50. The number of anilines is 1. The molecule has 0 saturated carbocycles. The second-order valence-corrected chi connectivity index (χ2v) is 9.08. The number of hydrogen-bond donors (Lipinski definition) is 2. The zero-order valence-electron chi connectivity index (χ0n) is 19.4. The van der Waals surface area contributed by atoms with E-state index in [1.54, 1.807) is 29.6 Å². The molecule has 1 aliphatic rings. The Balaban J connectivity index is 1.27. The van der Waals surface area contributed by atoms with Crippen molar-refractivity contribution < 1.29 is 23.9 Å². The van der Waals surface area contributed by atoms with Crippen molar-refractivity contribution in [2.75, 3.05) is 18.7 Å². The molecule has 9 nitrogen and oxygen atoms in total. The first-order valence-electron chi connectivity index (χ1n) is 11.1. The third-order valence-electron chi connectivity index (χ3n) is 5.29. The number of carbonyl (C=O) groups excluding carboxylic acids is 3. The molecule has 3 amide bonds. The van der Waals surface area contributed by atoms with Crippen molar-refractivity contribution in [3.63, 3.8) is 0 Å². The zero-order chi connectivity index (χ0) is 24.8. The Morgan fingerprint density at radius 3 is 2.60 bits per heavy atom. The van der Waals surface area contributed by atoms with Crippen molar-refractivity contribution in [1.82, 2.24) is 15.2 Å². The summed E-state index contributed by atoms with van der Waals surface area (Å²) in [5, 5.41) is 7.69. The van der Waals surface area contributed by atoms with Crippen LogP contribution in [0.4, 0.5) is 5.13 Å². The third-order valence-corrected chi connectivity index (χ3v) is 6.09. The van der Waals surface area contributed by atoms with E-state index in [1.807, 2.05) is 38.1 Å². The Morgan fingerprint density at radius 1 is 1.06 bits per heavy atom. The number of aromatic nitrogens is 1. The monoisotopic (exact) mass is 494 g/mol. The van der Waals surface area contributed by atoms with E-state index < -0.39 is 0 Å². The van der Waals surface area contributed by atoms with E-state index in [0.717, 1.165) is 5.56 Å². The summed E-state index contributed by atoms with van der Waals surface area (Å²) in [6.07, 6.45) is 0.0849. The van der Waals surface area contributed by atoms with Gasteiger partial charge in [0.1, 0.15) is 6.54 Å². The van der Waals surface area contributed by atoms with Gasteiger partial charge in [-0.2, -0.15) is 0 Å². The third kappa shape index (κ3) is 6.36. The van der Waals surface area contributed by atoms with Crippen LogP contribution < -0.4 is 20.1 Å². The fourth-order valence-electron chi connectivity index (χ4n) is 3.47. The number of fused-ring (bicyclic) bond motifs is 1. The van der Waals surface area contributed by atoms with Gasteiger partial charge in [0.25, 0.3) is 5.91 Å². The molecule has 10 heteroatoms. The van der Waals surface area contributed by atoms with Crippen molar-refractivity contribution in [2.24, 2.45) is 0 Å². The largest absolute Gasteiger partial charge is 0.454 e. The van der Waals surface area contributed by atoms with Crippen LogP contribution in [0.2, 0.25) is 0 Å². The van der Waals surface area contributed by atoms with E-state index in [4.69, 9.17) is 9.47 Å². The molecule has 182 valence electrons. The molecule has 35 heavy (non-hydrogen) atoms. The molecule has 0 spiro atoms. The van der Waals surface area contributed by atoms with E-state index in [1.165, 1.54) is 16.2 Å². The number of carbonyl (C=O) groups is 3. The summed E-state index contributed by atoms with van der Waals surface area (Å²) in [6.45, 7) is 4.17. The number of hydrogen-bond acceptors (Lipinski definition) is 7. The highest BCUT2D eigenvalue weighted by atomic mass is 32.1. The van der Waals surface area contributed by atoms with Crippen LogP contribution in [-0.2, 0) is 22.6 Å². The van der Waals surface area contributed by atoms with Crippen LogP contribution in [0.1, 0.15) is 35.5 Å². The highest BCUT2D eigenvalue weighted by Crippen LogP contribution is 2.32. The number of nitrogens with one attached hydrogen (secondary N) is 2. The van der Waals surface area contributed by atoms with Gasteiger partial charge in [0.05, 0.1) is 12.1 Å². The molecule has 3 aromatic rings. The van der Waals surface area contributed by atoms with Gasteiger partial charge < -0.3 is 25.0 Å². The normalized spacial score (nSPS) is 11.9. The molecule has 0 unspecified atom stereocenters. The van der Waals surface area contributed by atoms with Crippen molar-refractivity contribution in [3.05, 3.63) is 70.7 Å². The fraction of sp³-hybridized carbons (Fsp3) is 0.280. The van der Waals surface area contributed by atoms with Gasteiger partial charge in [-0.15, -0.1) is 11.3 Å². The molecule has 0 atom stereocenters. The number of nitrogens with zero attached hydrogens (tertiary/aromatic N) is 2. The van der Waals surface area contributed by atoms with Crippen LogP contribution in [0.15, 0.2) is 53.9 Å². The van der Waals surface area contributed by atoms with Gasteiger partial charge in [-0.25, -0.2) is 4.98 Å². The standard InChI is InChI=1S/C25H26N4O5S/c1-16(2)29(24(32)18-6-4-3-5-7-18)13-23(31)28-25-27-19(14-35-25)11-22(30)26-12-17-8-9-20-21(10-17)34-15-33-20/h3-10,14,16H,11-13,15H2,1-2H3,(H,26,30)(H,27,28,31). The molecule has 1 aliphatic heterocycles. The quantitative estimate of drug-likeness (QED) is 0.473. The summed E-state index contributed by atoms with van der Waals surface area (Å²) >= 11 is 1.23. The molecule has 2 heterocycles. The summed E-state index contributed by atoms with van der Waals surface area (Å²) in [4.78, 5) is 43.6. The predicted octanol–water partition coefficient (Wildman–Crippen LogP) is 3.22.